The highest BCUT2D eigenvalue weighted by molar-refractivity contribution is 9.11. The molecule has 0 fully saturated rings. The molecule has 21 heavy (non-hydrogen) atoms. The molecule has 0 radical (unpaired) electrons. The normalized spacial score (nSPS) is 11.5. The predicted octanol–water partition coefficient (Wildman–Crippen LogP) is 1.98. The fourth-order valence-corrected chi connectivity index (χ4v) is 2.98. The lowest BCUT2D eigenvalue weighted by Gasteiger charge is -2.11. The number of hydrogen-bond donors (Lipinski definition) is 2. The number of hydrogen-bond acceptors (Lipinski definition) is 4. The molecule has 6 nitrogen and oxygen atoms in total. The largest absolute Gasteiger partial charge is 0.495 e. The van der Waals surface area contributed by atoms with E-state index < -0.39 is 16.0 Å². The van der Waals surface area contributed by atoms with Gasteiger partial charge in [-0.25, -0.2) is 17.9 Å². The Morgan fingerprint density at radius 2 is 2.19 bits per heavy atom. The van der Waals surface area contributed by atoms with E-state index in [0.29, 0.717) is 10.0 Å². The van der Waals surface area contributed by atoms with Gasteiger partial charge in [0, 0.05) is 17.1 Å². The van der Waals surface area contributed by atoms with E-state index in [4.69, 9.17) is 9.84 Å². The van der Waals surface area contributed by atoms with Crippen molar-refractivity contribution in [1.82, 2.24) is 4.72 Å². The van der Waals surface area contributed by atoms with E-state index >= 15 is 0 Å². The molecule has 2 N–H and O–H groups in total. The van der Waals surface area contributed by atoms with E-state index in [0.717, 1.165) is 6.08 Å². The number of benzene rings is 1. The number of rotatable bonds is 7. The SMILES string of the molecule is C=C(Br)CNS(=O)(=O)c1cc(/C=C/C(=O)O)ccc1OC. The van der Waals surface area contributed by atoms with E-state index in [1.807, 2.05) is 0 Å². The van der Waals surface area contributed by atoms with Crippen molar-refractivity contribution in [2.45, 2.75) is 4.90 Å². The number of sulfonamides is 1. The van der Waals surface area contributed by atoms with Gasteiger partial charge in [0.05, 0.1) is 7.11 Å². The van der Waals surface area contributed by atoms with Crippen LogP contribution in [0.25, 0.3) is 6.08 Å². The van der Waals surface area contributed by atoms with Crippen LogP contribution in [0.1, 0.15) is 5.56 Å². The molecular formula is C13H14BrNO5S. The lowest BCUT2D eigenvalue weighted by Crippen LogP contribution is -2.25. The van der Waals surface area contributed by atoms with E-state index in [-0.39, 0.29) is 17.2 Å². The lowest BCUT2D eigenvalue weighted by molar-refractivity contribution is -0.131. The molecule has 0 bridgehead atoms. The van der Waals surface area contributed by atoms with Crippen LogP contribution in [0, 0.1) is 0 Å². The Bertz CT molecular complexity index is 682. The Morgan fingerprint density at radius 1 is 1.52 bits per heavy atom. The number of carboxylic acid groups (broad SMARTS) is 1. The van der Waals surface area contributed by atoms with Crippen LogP contribution >= 0.6 is 15.9 Å². The van der Waals surface area contributed by atoms with Crippen LogP contribution in [-0.2, 0) is 14.8 Å². The van der Waals surface area contributed by atoms with Crippen LogP contribution in [0.4, 0.5) is 0 Å². The molecule has 0 amide bonds. The summed E-state index contributed by atoms with van der Waals surface area (Å²) in [6, 6.07) is 4.34. The van der Waals surface area contributed by atoms with Crippen LogP contribution in [0.15, 0.2) is 40.2 Å². The van der Waals surface area contributed by atoms with Gasteiger partial charge in [-0.3, -0.25) is 0 Å². The predicted molar refractivity (Wildman–Crippen MR) is 82.9 cm³/mol. The molecule has 0 aliphatic heterocycles. The minimum atomic E-state index is -3.81. The Labute approximate surface area is 131 Å². The molecular weight excluding hydrogens is 362 g/mol. The summed E-state index contributed by atoms with van der Waals surface area (Å²) in [6.07, 6.45) is 2.22. The third-order valence-corrected chi connectivity index (χ3v) is 4.05. The van der Waals surface area contributed by atoms with Crippen molar-refractivity contribution in [3.8, 4) is 5.75 Å². The van der Waals surface area contributed by atoms with Gasteiger partial charge in [0.2, 0.25) is 10.0 Å². The first-order valence-electron chi connectivity index (χ1n) is 5.68. The van der Waals surface area contributed by atoms with Crippen molar-refractivity contribution in [2.75, 3.05) is 13.7 Å². The molecule has 0 heterocycles. The van der Waals surface area contributed by atoms with Crippen molar-refractivity contribution in [1.29, 1.82) is 0 Å². The fraction of sp³-hybridized carbons (Fsp3) is 0.154. The van der Waals surface area contributed by atoms with E-state index in [2.05, 4.69) is 27.2 Å². The Balaban J connectivity index is 3.22. The second kappa shape index (κ2) is 7.39. The van der Waals surface area contributed by atoms with Crippen molar-refractivity contribution in [3.05, 3.63) is 40.9 Å². The zero-order chi connectivity index (χ0) is 16.0. The first-order chi connectivity index (χ1) is 9.76. The molecule has 0 aliphatic rings. The fourth-order valence-electron chi connectivity index (χ4n) is 1.43. The summed E-state index contributed by atoms with van der Waals surface area (Å²) >= 11 is 3.06. The number of aliphatic carboxylic acids is 1. The van der Waals surface area contributed by atoms with E-state index in [9.17, 15) is 13.2 Å². The van der Waals surface area contributed by atoms with E-state index in [1.165, 1.54) is 25.3 Å². The van der Waals surface area contributed by atoms with Crippen LogP contribution in [0.3, 0.4) is 0 Å². The van der Waals surface area contributed by atoms with Gasteiger partial charge >= 0.3 is 5.97 Å². The molecule has 0 unspecified atom stereocenters. The van der Waals surface area contributed by atoms with Crippen molar-refractivity contribution >= 4 is 38.0 Å². The third kappa shape index (κ3) is 5.33. The average Bonchev–Trinajstić information content (AvgIpc) is 2.42. The standard InChI is InChI=1S/C13H14BrNO5S/c1-9(14)8-15-21(18,19)12-7-10(4-6-13(16)17)3-5-11(12)20-2/h3-7,15H,1,8H2,2H3,(H,16,17)/b6-4+. The van der Waals surface area contributed by atoms with Gasteiger partial charge in [-0.1, -0.05) is 28.6 Å². The monoisotopic (exact) mass is 375 g/mol. The van der Waals surface area contributed by atoms with E-state index in [1.54, 1.807) is 6.07 Å². The summed E-state index contributed by atoms with van der Waals surface area (Å²) in [6.45, 7) is 3.57. The van der Waals surface area contributed by atoms with Gasteiger partial charge < -0.3 is 9.84 Å². The second-order valence-corrected chi connectivity index (χ2v) is 6.78. The quantitative estimate of drug-likeness (QED) is 0.710. The molecule has 0 saturated carbocycles. The maximum atomic E-state index is 12.2. The summed E-state index contributed by atoms with van der Waals surface area (Å²) in [5, 5.41) is 8.59. The van der Waals surface area contributed by atoms with Gasteiger partial charge in [-0.05, 0) is 23.8 Å². The third-order valence-electron chi connectivity index (χ3n) is 2.35. The summed E-state index contributed by atoms with van der Waals surface area (Å²) in [7, 11) is -2.45. The van der Waals surface area contributed by atoms with Crippen LogP contribution in [0.2, 0.25) is 0 Å². The molecule has 0 aromatic heterocycles. The maximum absolute atomic E-state index is 12.2. The zero-order valence-electron chi connectivity index (χ0n) is 11.2. The molecule has 0 spiro atoms. The van der Waals surface area contributed by atoms with Crippen molar-refractivity contribution in [2.24, 2.45) is 0 Å². The topological polar surface area (TPSA) is 92.7 Å². The first-order valence-corrected chi connectivity index (χ1v) is 7.96. The number of carbonyl (C=O) groups is 1. The van der Waals surface area contributed by atoms with Gasteiger partial charge in [-0.2, -0.15) is 0 Å². The average molecular weight is 376 g/mol. The summed E-state index contributed by atoms with van der Waals surface area (Å²) < 4.78 is 32.3. The highest BCUT2D eigenvalue weighted by Crippen LogP contribution is 2.25. The summed E-state index contributed by atoms with van der Waals surface area (Å²) in [4.78, 5) is 10.4. The lowest BCUT2D eigenvalue weighted by atomic mass is 10.2. The van der Waals surface area contributed by atoms with Gasteiger partial charge in [0.15, 0.2) is 0 Å². The minimum absolute atomic E-state index is 0.0285. The van der Waals surface area contributed by atoms with Crippen LogP contribution in [0.5, 0.6) is 5.75 Å². The molecule has 0 saturated heterocycles. The zero-order valence-corrected chi connectivity index (χ0v) is 13.6. The molecule has 1 rings (SSSR count). The Kier molecular flexibility index (Phi) is 6.13. The van der Waals surface area contributed by atoms with Crippen LogP contribution < -0.4 is 9.46 Å². The Hall–Kier alpha value is -1.64. The molecule has 114 valence electrons. The van der Waals surface area contributed by atoms with Gasteiger partial charge in [0.1, 0.15) is 10.6 Å². The van der Waals surface area contributed by atoms with Crippen molar-refractivity contribution < 1.29 is 23.1 Å². The number of ether oxygens (including phenoxy) is 1. The molecule has 1 aromatic rings. The maximum Gasteiger partial charge on any atom is 0.328 e. The van der Waals surface area contributed by atoms with Crippen molar-refractivity contribution in [3.63, 3.8) is 0 Å². The number of carboxylic acids is 1. The molecule has 1 aromatic carbocycles. The summed E-state index contributed by atoms with van der Waals surface area (Å²) in [5.74, 6) is -0.959. The highest BCUT2D eigenvalue weighted by Gasteiger charge is 2.19. The van der Waals surface area contributed by atoms with Gasteiger partial charge in [0.25, 0.3) is 0 Å². The summed E-state index contributed by atoms with van der Waals surface area (Å²) in [5.41, 5.74) is 0.427. The minimum Gasteiger partial charge on any atom is -0.495 e. The smallest absolute Gasteiger partial charge is 0.328 e. The molecule has 0 atom stereocenters. The molecule has 8 heteroatoms. The Morgan fingerprint density at radius 3 is 2.71 bits per heavy atom. The molecule has 0 aliphatic carbocycles. The van der Waals surface area contributed by atoms with Crippen LogP contribution in [-0.4, -0.2) is 33.1 Å². The second-order valence-electron chi connectivity index (χ2n) is 3.92. The number of methoxy groups -OCH3 is 1. The number of nitrogens with one attached hydrogen (secondary N) is 1. The first kappa shape index (κ1) is 17.4. The highest BCUT2D eigenvalue weighted by atomic mass is 79.9. The van der Waals surface area contributed by atoms with Gasteiger partial charge in [-0.15, -0.1) is 0 Å². The number of halogens is 1.